The summed E-state index contributed by atoms with van der Waals surface area (Å²) in [5, 5.41) is 4.39. The molecule has 0 spiro atoms. The fraction of sp³-hybridized carbons (Fsp3) is 0.286. The van der Waals surface area contributed by atoms with Crippen LogP contribution in [0.3, 0.4) is 0 Å². The lowest BCUT2D eigenvalue weighted by Gasteiger charge is -2.10. The van der Waals surface area contributed by atoms with Crippen LogP contribution in [0.5, 0.6) is 0 Å². The molecule has 0 bridgehead atoms. The van der Waals surface area contributed by atoms with Crippen LogP contribution in [0.1, 0.15) is 37.0 Å². The van der Waals surface area contributed by atoms with E-state index >= 15 is 0 Å². The van der Waals surface area contributed by atoms with E-state index in [1.807, 2.05) is 12.1 Å². The van der Waals surface area contributed by atoms with Crippen molar-refractivity contribution in [3.05, 3.63) is 75.6 Å². The number of aryl methyl sites for hydroxylation is 2. The SMILES string of the molecule is CCCc1ccc(NCc2cc(=O)oc3cc(CC)ccc23)cc1. The van der Waals surface area contributed by atoms with Gasteiger partial charge in [0.05, 0.1) is 0 Å². The van der Waals surface area contributed by atoms with Gasteiger partial charge >= 0.3 is 5.63 Å². The van der Waals surface area contributed by atoms with Gasteiger partial charge in [-0.15, -0.1) is 0 Å². The normalized spacial score (nSPS) is 10.9. The highest BCUT2D eigenvalue weighted by atomic mass is 16.4. The third-order valence-corrected chi connectivity index (χ3v) is 4.28. The molecule has 0 aliphatic heterocycles. The topological polar surface area (TPSA) is 42.2 Å². The van der Waals surface area contributed by atoms with E-state index in [1.54, 1.807) is 6.07 Å². The number of nitrogens with one attached hydrogen (secondary N) is 1. The Labute approximate surface area is 142 Å². The van der Waals surface area contributed by atoms with Gasteiger partial charge in [-0.3, -0.25) is 0 Å². The highest BCUT2D eigenvalue weighted by molar-refractivity contribution is 5.81. The molecule has 3 aromatic rings. The molecule has 0 aliphatic carbocycles. The maximum absolute atomic E-state index is 11.8. The Kier molecular flexibility index (Phi) is 4.99. The maximum atomic E-state index is 11.8. The van der Waals surface area contributed by atoms with E-state index in [4.69, 9.17) is 4.42 Å². The van der Waals surface area contributed by atoms with Gasteiger partial charge in [-0.2, -0.15) is 0 Å². The van der Waals surface area contributed by atoms with Crippen LogP contribution in [0, 0.1) is 0 Å². The second-order valence-electron chi connectivity index (χ2n) is 6.08. The van der Waals surface area contributed by atoms with E-state index in [2.05, 4.69) is 49.5 Å². The lowest BCUT2D eigenvalue weighted by Crippen LogP contribution is -2.06. The Bertz CT molecular complexity index is 878. The lowest BCUT2D eigenvalue weighted by atomic mass is 10.1. The van der Waals surface area contributed by atoms with Crippen LogP contribution < -0.4 is 10.9 Å². The monoisotopic (exact) mass is 321 g/mol. The third kappa shape index (κ3) is 3.67. The quantitative estimate of drug-likeness (QED) is 0.655. The van der Waals surface area contributed by atoms with Crippen molar-refractivity contribution >= 4 is 16.7 Å². The first-order chi connectivity index (χ1) is 11.7. The summed E-state index contributed by atoms with van der Waals surface area (Å²) < 4.78 is 5.36. The van der Waals surface area contributed by atoms with Crippen molar-refractivity contribution in [2.24, 2.45) is 0 Å². The summed E-state index contributed by atoms with van der Waals surface area (Å²) in [4.78, 5) is 11.8. The molecule has 0 saturated heterocycles. The van der Waals surface area contributed by atoms with Gasteiger partial charge in [0.1, 0.15) is 5.58 Å². The third-order valence-electron chi connectivity index (χ3n) is 4.28. The molecular weight excluding hydrogens is 298 g/mol. The number of hydrogen-bond donors (Lipinski definition) is 1. The van der Waals surface area contributed by atoms with Crippen molar-refractivity contribution in [3.8, 4) is 0 Å². The van der Waals surface area contributed by atoms with Crippen LogP contribution >= 0.6 is 0 Å². The Balaban J connectivity index is 1.83. The molecule has 0 atom stereocenters. The molecule has 0 fully saturated rings. The molecular formula is C21H23NO2. The second-order valence-corrected chi connectivity index (χ2v) is 6.08. The summed E-state index contributed by atoms with van der Waals surface area (Å²) in [6.07, 6.45) is 3.18. The van der Waals surface area contributed by atoms with Crippen LogP contribution in [0.4, 0.5) is 5.69 Å². The van der Waals surface area contributed by atoms with Gasteiger partial charge in [0.15, 0.2) is 0 Å². The number of fused-ring (bicyclic) bond motifs is 1. The van der Waals surface area contributed by atoms with Gasteiger partial charge in [0.25, 0.3) is 0 Å². The lowest BCUT2D eigenvalue weighted by molar-refractivity contribution is 0.559. The first-order valence-corrected chi connectivity index (χ1v) is 8.58. The first-order valence-electron chi connectivity index (χ1n) is 8.58. The number of anilines is 1. The summed E-state index contributed by atoms with van der Waals surface area (Å²) in [7, 11) is 0. The van der Waals surface area contributed by atoms with E-state index in [0.29, 0.717) is 12.1 Å². The predicted octanol–water partition coefficient (Wildman–Crippen LogP) is 4.92. The minimum atomic E-state index is -0.300. The minimum absolute atomic E-state index is 0.300. The highest BCUT2D eigenvalue weighted by Gasteiger charge is 2.06. The smallest absolute Gasteiger partial charge is 0.336 e. The van der Waals surface area contributed by atoms with E-state index < -0.39 is 0 Å². The molecule has 3 heteroatoms. The van der Waals surface area contributed by atoms with Crippen LogP contribution in [0.15, 0.2) is 57.7 Å². The van der Waals surface area contributed by atoms with Crippen LogP contribution in [-0.2, 0) is 19.4 Å². The van der Waals surface area contributed by atoms with E-state index in [-0.39, 0.29) is 5.63 Å². The van der Waals surface area contributed by atoms with Crippen molar-refractivity contribution in [2.75, 3.05) is 5.32 Å². The van der Waals surface area contributed by atoms with Crippen molar-refractivity contribution in [1.82, 2.24) is 0 Å². The molecule has 0 aliphatic rings. The molecule has 1 aromatic heterocycles. The largest absolute Gasteiger partial charge is 0.423 e. The van der Waals surface area contributed by atoms with Gasteiger partial charge in [-0.1, -0.05) is 44.5 Å². The minimum Gasteiger partial charge on any atom is -0.423 e. The highest BCUT2D eigenvalue weighted by Crippen LogP contribution is 2.20. The molecule has 24 heavy (non-hydrogen) atoms. The molecule has 2 aromatic carbocycles. The van der Waals surface area contributed by atoms with Crippen LogP contribution in [0.25, 0.3) is 11.0 Å². The average Bonchev–Trinajstić information content (AvgIpc) is 2.60. The standard InChI is InChI=1S/C21H23NO2/c1-3-5-16-6-9-18(10-7-16)22-14-17-13-21(23)24-20-12-15(4-2)8-11-19(17)20/h6-13,22H,3-5,14H2,1-2H3. The van der Waals surface area contributed by atoms with E-state index in [9.17, 15) is 4.79 Å². The van der Waals surface area contributed by atoms with Crippen molar-refractivity contribution in [1.29, 1.82) is 0 Å². The first kappa shape index (κ1) is 16.3. The summed E-state index contributed by atoms with van der Waals surface area (Å²) in [5.74, 6) is 0. The fourth-order valence-corrected chi connectivity index (χ4v) is 2.92. The molecule has 0 radical (unpaired) electrons. The number of hydrogen-bond acceptors (Lipinski definition) is 3. The van der Waals surface area contributed by atoms with Crippen molar-refractivity contribution < 1.29 is 4.42 Å². The van der Waals surface area contributed by atoms with Crippen molar-refractivity contribution in [2.45, 2.75) is 39.7 Å². The zero-order valence-corrected chi connectivity index (χ0v) is 14.3. The Morgan fingerprint density at radius 1 is 0.958 bits per heavy atom. The summed E-state index contributed by atoms with van der Waals surface area (Å²) in [6, 6.07) is 16.1. The van der Waals surface area contributed by atoms with Crippen LogP contribution in [0.2, 0.25) is 0 Å². The van der Waals surface area contributed by atoms with E-state index in [1.165, 1.54) is 11.1 Å². The molecule has 0 amide bonds. The van der Waals surface area contributed by atoms with Gasteiger partial charge in [-0.25, -0.2) is 4.79 Å². The van der Waals surface area contributed by atoms with Gasteiger partial charge < -0.3 is 9.73 Å². The Hall–Kier alpha value is -2.55. The molecule has 3 rings (SSSR count). The van der Waals surface area contributed by atoms with Crippen LogP contribution in [-0.4, -0.2) is 0 Å². The molecule has 1 heterocycles. The van der Waals surface area contributed by atoms with Gasteiger partial charge in [-0.05, 0) is 47.7 Å². The summed E-state index contributed by atoms with van der Waals surface area (Å²) >= 11 is 0. The summed E-state index contributed by atoms with van der Waals surface area (Å²) in [5.41, 5.74) is 4.90. The fourth-order valence-electron chi connectivity index (χ4n) is 2.92. The maximum Gasteiger partial charge on any atom is 0.336 e. The van der Waals surface area contributed by atoms with E-state index in [0.717, 1.165) is 35.9 Å². The Morgan fingerprint density at radius 2 is 1.71 bits per heavy atom. The zero-order valence-electron chi connectivity index (χ0n) is 14.3. The molecule has 0 saturated carbocycles. The number of rotatable bonds is 6. The zero-order chi connectivity index (χ0) is 16.9. The second kappa shape index (κ2) is 7.35. The molecule has 124 valence electrons. The molecule has 3 nitrogen and oxygen atoms in total. The van der Waals surface area contributed by atoms with Gasteiger partial charge in [0.2, 0.25) is 0 Å². The Morgan fingerprint density at radius 3 is 2.42 bits per heavy atom. The number of benzene rings is 2. The average molecular weight is 321 g/mol. The molecule has 0 unspecified atom stereocenters. The van der Waals surface area contributed by atoms with Gasteiger partial charge in [0, 0.05) is 23.7 Å². The summed E-state index contributed by atoms with van der Waals surface area (Å²) in [6.45, 7) is 4.87. The van der Waals surface area contributed by atoms with Crippen molar-refractivity contribution in [3.63, 3.8) is 0 Å². The predicted molar refractivity (Wildman–Crippen MR) is 99.6 cm³/mol. The molecule has 1 N–H and O–H groups in total.